The predicted octanol–water partition coefficient (Wildman–Crippen LogP) is -0.559. The maximum absolute atomic E-state index is 10.3. The van der Waals surface area contributed by atoms with Crippen molar-refractivity contribution in [2.45, 2.75) is 18.8 Å². The maximum atomic E-state index is 10.3. The van der Waals surface area contributed by atoms with E-state index in [1.165, 1.54) is 7.11 Å². The average molecular weight is 176 g/mol. The molecule has 1 unspecified atom stereocenters. The Labute approximate surface area is 69.9 Å². The highest BCUT2D eigenvalue weighted by Gasteiger charge is 2.37. The molecule has 0 bridgehead atoms. The second-order valence-electron chi connectivity index (χ2n) is 2.77. The summed E-state index contributed by atoms with van der Waals surface area (Å²) in [6, 6.07) is 0. The summed E-state index contributed by atoms with van der Waals surface area (Å²) in [6.07, 6.45) is -1.44. The molecule has 70 valence electrons. The van der Waals surface area contributed by atoms with E-state index >= 15 is 0 Å². The number of carboxylic acids is 1. The van der Waals surface area contributed by atoms with Gasteiger partial charge in [0.25, 0.3) is 0 Å². The molecule has 0 radical (unpaired) electrons. The molecule has 0 spiro atoms. The van der Waals surface area contributed by atoms with Gasteiger partial charge in [-0.3, -0.25) is 4.79 Å². The summed E-state index contributed by atoms with van der Waals surface area (Å²) in [5, 5.41) is 17.8. The van der Waals surface area contributed by atoms with Crippen molar-refractivity contribution < 1.29 is 24.5 Å². The number of hydrogen-bond acceptors (Lipinski definition) is 4. The van der Waals surface area contributed by atoms with Crippen molar-refractivity contribution in [2.24, 2.45) is 5.92 Å². The van der Waals surface area contributed by atoms with Gasteiger partial charge in [-0.2, -0.15) is 0 Å². The van der Waals surface area contributed by atoms with E-state index in [2.05, 4.69) is 0 Å². The van der Waals surface area contributed by atoms with E-state index in [1.54, 1.807) is 0 Å². The highest BCUT2D eigenvalue weighted by atomic mass is 16.7. The molecule has 1 rings (SSSR count). The molecule has 5 heteroatoms. The normalized spacial score (nSPS) is 35.3. The predicted molar refractivity (Wildman–Crippen MR) is 38.5 cm³/mol. The molecule has 0 aromatic carbocycles. The van der Waals surface area contributed by atoms with Gasteiger partial charge >= 0.3 is 5.97 Å². The first-order valence-electron chi connectivity index (χ1n) is 3.69. The standard InChI is InChI=1S/C7H12O5/c1-11-7-4(2-6(9)10)5(8)3-12-7/h4-5,7-8H,2-3H2,1H3,(H,9,10)/t4-,5+,7?/m1/s1. The quantitative estimate of drug-likeness (QED) is 0.602. The van der Waals surface area contributed by atoms with Crippen LogP contribution in [0.2, 0.25) is 0 Å². The summed E-state index contributed by atoms with van der Waals surface area (Å²) in [6.45, 7) is 0.149. The van der Waals surface area contributed by atoms with Crippen molar-refractivity contribution in [3.05, 3.63) is 0 Å². The monoisotopic (exact) mass is 176 g/mol. The van der Waals surface area contributed by atoms with Gasteiger partial charge in [0.2, 0.25) is 0 Å². The fourth-order valence-corrected chi connectivity index (χ4v) is 1.30. The van der Waals surface area contributed by atoms with Crippen molar-refractivity contribution >= 4 is 5.97 Å². The molecule has 3 atom stereocenters. The lowest BCUT2D eigenvalue weighted by molar-refractivity contribution is -0.145. The summed E-state index contributed by atoms with van der Waals surface area (Å²) in [5.74, 6) is -1.40. The Morgan fingerprint density at radius 3 is 2.92 bits per heavy atom. The van der Waals surface area contributed by atoms with Gasteiger partial charge in [-0.25, -0.2) is 0 Å². The van der Waals surface area contributed by atoms with Crippen molar-refractivity contribution in [3.63, 3.8) is 0 Å². The molecule has 0 amide bonds. The van der Waals surface area contributed by atoms with Crippen LogP contribution in [0.3, 0.4) is 0 Å². The average Bonchev–Trinajstić information content (AvgIpc) is 2.32. The molecule has 0 saturated carbocycles. The van der Waals surface area contributed by atoms with Crippen molar-refractivity contribution in [1.82, 2.24) is 0 Å². The van der Waals surface area contributed by atoms with Gasteiger partial charge in [0, 0.05) is 13.0 Å². The number of hydrogen-bond donors (Lipinski definition) is 2. The van der Waals surface area contributed by atoms with E-state index in [9.17, 15) is 9.90 Å². The number of aliphatic carboxylic acids is 1. The number of aliphatic hydroxyl groups is 1. The Morgan fingerprint density at radius 1 is 1.75 bits per heavy atom. The highest BCUT2D eigenvalue weighted by Crippen LogP contribution is 2.24. The zero-order chi connectivity index (χ0) is 9.14. The molecule has 1 heterocycles. The summed E-state index contributed by atoms with van der Waals surface area (Å²) < 4.78 is 9.84. The smallest absolute Gasteiger partial charge is 0.303 e. The molecule has 1 aliphatic heterocycles. The van der Waals surface area contributed by atoms with Crippen LogP contribution in [0.4, 0.5) is 0 Å². The molecule has 2 N–H and O–H groups in total. The minimum absolute atomic E-state index is 0.125. The van der Waals surface area contributed by atoms with Crippen LogP contribution in [0.15, 0.2) is 0 Å². The summed E-state index contributed by atoms with van der Waals surface area (Å²) >= 11 is 0. The van der Waals surface area contributed by atoms with Gasteiger partial charge in [0.15, 0.2) is 6.29 Å². The lowest BCUT2D eigenvalue weighted by atomic mass is 10.0. The first-order valence-corrected chi connectivity index (χ1v) is 3.69. The Kier molecular flexibility index (Phi) is 3.02. The van der Waals surface area contributed by atoms with Crippen LogP contribution in [0.1, 0.15) is 6.42 Å². The Balaban J connectivity index is 2.51. The third kappa shape index (κ3) is 1.94. The van der Waals surface area contributed by atoms with Crippen molar-refractivity contribution in [2.75, 3.05) is 13.7 Å². The van der Waals surface area contributed by atoms with Crippen molar-refractivity contribution in [1.29, 1.82) is 0 Å². The second kappa shape index (κ2) is 3.84. The number of ether oxygens (including phenoxy) is 2. The molecule has 5 nitrogen and oxygen atoms in total. The van der Waals surface area contributed by atoms with E-state index in [1.807, 2.05) is 0 Å². The number of carbonyl (C=O) groups is 1. The van der Waals surface area contributed by atoms with Gasteiger partial charge in [-0.15, -0.1) is 0 Å². The third-order valence-corrected chi connectivity index (χ3v) is 1.92. The summed E-state index contributed by atoms with van der Waals surface area (Å²) in [7, 11) is 1.43. The van der Waals surface area contributed by atoms with Crippen LogP contribution in [-0.2, 0) is 14.3 Å². The SMILES string of the molecule is COC1OC[C@H](O)[C@H]1CC(=O)O. The van der Waals surface area contributed by atoms with Gasteiger partial charge in [-0.05, 0) is 0 Å². The van der Waals surface area contributed by atoms with E-state index < -0.39 is 24.3 Å². The zero-order valence-corrected chi connectivity index (χ0v) is 6.77. The van der Waals surface area contributed by atoms with Crippen LogP contribution in [0, 0.1) is 5.92 Å². The molecule has 1 fully saturated rings. The Morgan fingerprint density at radius 2 is 2.42 bits per heavy atom. The molecule has 12 heavy (non-hydrogen) atoms. The fraction of sp³-hybridized carbons (Fsp3) is 0.857. The van der Waals surface area contributed by atoms with E-state index in [0.717, 1.165) is 0 Å². The number of aliphatic hydroxyl groups excluding tert-OH is 1. The first-order chi connectivity index (χ1) is 5.65. The molecular weight excluding hydrogens is 164 g/mol. The largest absolute Gasteiger partial charge is 0.481 e. The zero-order valence-electron chi connectivity index (χ0n) is 6.77. The van der Waals surface area contributed by atoms with Crippen LogP contribution in [-0.4, -0.2) is 42.3 Å². The first kappa shape index (κ1) is 9.44. The van der Waals surface area contributed by atoms with Gasteiger partial charge in [-0.1, -0.05) is 0 Å². The van der Waals surface area contributed by atoms with Gasteiger partial charge in [0.1, 0.15) is 0 Å². The minimum Gasteiger partial charge on any atom is -0.481 e. The summed E-state index contributed by atoms with van der Waals surface area (Å²) in [4.78, 5) is 10.3. The lowest BCUT2D eigenvalue weighted by Crippen LogP contribution is -2.27. The Hall–Kier alpha value is -0.650. The van der Waals surface area contributed by atoms with E-state index in [-0.39, 0.29) is 13.0 Å². The highest BCUT2D eigenvalue weighted by molar-refractivity contribution is 5.67. The minimum atomic E-state index is -0.952. The van der Waals surface area contributed by atoms with Gasteiger partial charge < -0.3 is 19.7 Å². The molecule has 0 aromatic rings. The summed E-state index contributed by atoms with van der Waals surface area (Å²) in [5.41, 5.74) is 0. The van der Waals surface area contributed by atoms with Gasteiger partial charge in [0.05, 0.1) is 19.1 Å². The molecule has 0 aliphatic carbocycles. The number of rotatable bonds is 3. The number of methoxy groups -OCH3 is 1. The molecular formula is C7H12O5. The third-order valence-electron chi connectivity index (χ3n) is 1.92. The van der Waals surface area contributed by atoms with E-state index in [0.29, 0.717) is 0 Å². The molecule has 0 aromatic heterocycles. The lowest BCUT2D eigenvalue weighted by Gasteiger charge is -2.16. The fourth-order valence-electron chi connectivity index (χ4n) is 1.30. The van der Waals surface area contributed by atoms with Crippen LogP contribution in [0.25, 0.3) is 0 Å². The topological polar surface area (TPSA) is 76.0 Å². The second-order valence-corrected chi connectivity index (χ2v) is 2.77. The van der Waals surface area contributed by atoms with E-state index in [4.69, 9.17) is 14.6 Å². The number of carboxylic acid groups (broad SMARTS) is 1. The van der Waals surface area contributed by atoms with Crippen LogP contribution in [0.5, 0.6) is 0 Å². The van der Waals surface area contributed by atoms with Crippen LogP contribution < -0.4 is 0 Å². The molecule has 1 aliphatic rings. The maximum Gasteiger partial charge on any atom is 0.303 e. The Bertz CT molecular complexity index is 169. The molecule has 1 saturated heterocycles. The van der Waals surface area contributed by atoms with Crippen LogP contribution >= 0.6 is 0 Å². The van der Waals surface area contributed by atoms with Crippen molar-refractivity contribution in [3.8, 4) is 0 Å².